The third-order valence-corrected chi connectivity index (χ3v) is 4.64. The summed E-state index contributed by atoms with van der Waals surface area (Å²) in [5.41, 5.74) is 0. The van der Waals surface area contributed by atoms with E-state index in [0.717, 1.165) is 0 Å². The lowest BCUT2D eigenvalue weighted by atomic mass is 9.85. The van der Waals surface area contributed by atoms with Gasteiger partial charge in [0.25, 0.3) is 0 Å². The van der Waals surface area contributed by atoms with Gasteiger partial charge in [-0.1, -0.05) is 12.5 Å². The molecule has 8 heteroatoms. The van der Waals surface area contributed by atoms with Gasteiger partial charge < -0.3 is 20.1 Å². The van der Waals surface area contributed by atoms with Crippen molar-refractivity contribution in [3.8, 4) is 11.5 Å². The number of hydrogen-bond donors (Lipinski definition) is 2. The molecular formula is C19H28F3N3O2. The number of nitrogens with one attached hydrogen (secondary N) is 2. The molecule has 0 aromatic heterocycles. The highest BCUT2D eigenvalue weighted by molar-refractivity contribution is 5.80. The number of ether oxygens (including phenoxy) is 2. The molecule has 1 saturated carbocycles. The Morgan fingerprint density at radius 2 is 2.04 bits per heavy atom. The predicted octanol–water partition coefficient (Wildman–Crippen LogP) is 3.75. The first-order valence-electron chi connectivity index (χ1n) is 9.16. The number of halogens is 3. The number of methoxy groups -OCH3 is 1. The van der Waals surface area contributed by atoms with Crippen molar-refractivity contribution in [3.63, 3.8) is 0 Å². The third kappa shape index (κ3) is 6.84. The van der Waals surface area contributed by atoms with E-state index in [1.165, 1.54) is 0 Å². The Morgan fingerprint density at radius 1 is 1.30 bits per heavy atom. The Labute approximate surface area is 158 Å². The van der Waals surface area contributed by atoms with Crippen LogP contribution in [0.3, 0.4) is 0 Å². The Hall–Kier alpha value is -2.12. The van der Waals surface area contributed by atoms with E-state index < -0.39 is 12.1 Å². The minimum absolute atomic E-state index is 0.0834. The molecule has 2 rings (SSSR count). The van der Waals surface area contributed by atoms with Crippen LogP contribution in [0.1, 0.15) is 32.6 Å². The zero-order chi connectivity index (χ0) is 19.9. The smallest absolute Gasteiger partial charge is 0.391 e. The summed E-state index contributed by atoms with van der Waals surface area (Å²) in [6, 6.07) is 7.08. The normalized spacial score (nSPS) is 22.1. The molecule has 1 aromatic carbocycles. The van der Waals surface area contributed by atoms with Gasteiger partial charge in [0.15, 0.2) is 5.96 Å². The van der Waals surface area contributed by atoms with Crippen LogP contribution in [0.15, 0.2) is 29.3 Å². The van der Waals surface area contributed by atoms with Crippen molar-refractivity contribution in [3.05, 3.63) is 24.3 Å². The van der Waals surface area contributed by atoms with Gasteiger partial charge in [0.05, 0.1) is 19.6 Å². The second-order valence-electron chi connectivity index (χ2n) is 6.81. The van der Waals surface area contributed by atoms with Gasteiger partial charge in [-0.3, -0.25) is 4.99 Å². The van der Waals surface area contributed by atoms with Gasteiger partial charge in [0.2, 0.25) is 0 Å². The maximum absolute atomic E-state index is 12.9. The molecule has 1 aromatic rings. The van der Waals surface area contributed by atoms with Crippen LogP contribution in [0.25, 0.3) is 0 Å². The number of rotatable bonds is 6. The number of alkyl halides is 3. The summed E-state index contributed by atoms with van der Waals surface area (Å²) in [4.78, 5) is 4.11. The molecular weight excluding hydrogens is 359 g/mol. The highest BCUT2D eigenvalue weighted by atomic mass is 19.4. The zero-order valence-corrected chi connectivity index (χ0v) is 16.0. The maximum Gasteiger partial charge on any atom is 0.391 e. The maximum atomic E-state index is 12.9. The molecule has 2 N–H and O–H groups in total. The Kier molecular flexibility index (Phi) is 7.62. The van der Waals surface area contributed by atoms with Gasteiger partial charge >= 0.3 is 6.18 Å². The Morgan fingerprint density at radius 3 is 2.70 bits per heavy atom. The minimum atomic E-state index is -4.13. The van der Waals surface area contributed by atoms with Crippen molar-refractivity contribution in [1.82, 2.24) is 10.6 Å². The lowest BCUT2D eigenvalue weighted by molar-refractivity contribution is -0.183. The molecule has 152 valence electrons. The first-order chi connectivity index (χ1) is 12.8. The van der Waals surface area contributed by atoms with Crippen molar-refractivity contribution >= 4 is 5.96 Å². The zero-order valence-electron chi connectivity index (χ0n) is 16.0. The van der Waals surface area contributed by atoms with E-state index >= 15 is 0 Å². The van der Waals surface area contributed by atoms with E-state index in [4.69, 9.17) is 9.47 Å². The number of hydrogen-bond acceptors (Lipinski definition) is 3. The molecule has 5 nitrogen and oxygen atoms in total. The first kappa shape index (κ1) is 21.2. The van der Waals surface area contributed by atoms with Crippen LogP contribution >= 0.6 is 0 Å². The highest BCUT2D eigenvalue weighted by Gasteiger charge is 2.42. The molecule has 0 spiro atoms. The van der Waals surface area contributed by atoms with Gasteiger partial charge in [-0.2, -0.15) is 13.2 Å². The van der Waals surface area contributed by atoms with Crippen molar-refractivity contribution in [2.45, 2.75) is 50.9 Å². The summed E-state index contributed by atoms with van der Waals surface area (Å²) < 4.78 is 49.8. The molecule has 0 heterocycles. The summed E-state index contributed by atoms with van der Waals surface area (Å²) in [5.74, 6) is 0.648. The second-order valence-corrected chi connectivity index (χ2v) is 6.81. The van der Waals surface area contributed by atoms with E-state index in [0.29, 0.717) is 36.8 Å². The molecule has 1 fully saturated rings. The van der Waals surface area contributed by atoms with Crippen LogP contribution in [-0.4, -0.2) is 45.0 Å². The van der Waals surface area contributed by atoms with Crippen LogP contribution in [-0.2, 0) is 0 Å². The van der Waals surface area contributed by atoms with E-state index in [1.807, 2.05) is 25.1 Å². The van der Waals surface area contributed by atoms with Crippen molar-refractivity contribution in [1.29, 1.82) is 0 Å². The lowest BCUT2D eigenvalue weighted by Crippen LogP contribution is -2.48. The molecule has 27 heavy (non-hydrogen) atoms. The van der Waals surface area contributed by atoms with E-state index in [2.05, 4.69) is 15.6 Å². The Balaban J connectivity index is 1.81. The van der Waals surface area contributed by atoms with Gasteiger partial charge in [0, 0.05) is 19.2 Å². The van der Waals surface area contributed by atoms with E-state index in [-0.39, 0.29) is 25.0 Å². The fourth-order valence-corrected chi connectivity index (χ4v) is 3.20. The average Bonchev–Trinajstić information content (AvgIpc) is 2.64. The topological polar surface area (TPSA) is 54.9 Å². The molecule has 0 amide bonds. The SMILES string of the molecule is CN=C(NCC(C)Oc1cccc(OC)c1)NC1CCCC(C(F)(F)F)C1. The fraction of sp³-hybridized carbons (Fsp3) is 0.632. The highest BCUT2D eigenvalue weighted by Crippen LogP contribution is 2.37. The second kappa shape index (κ2) is 9.71. The van der Waals surface area contributed by atoms with Gasteiger partial charge in [0.1, 0.15) is 17.6 Å². The van der Waals surface area contributed by atoms with E-state index in [9.17, 15) is 13.2 Å². The number of benzene rings is 1. The van der Waals surface area contributed by atoms with Gasteiger partial charge in [-0.05, 0) is 38.3 Å². The van der Waals surface area contributed by atoms with Gasteiger partial charge in [-0.15, -0.1) is 0 Å². The molecule has 1 aliphatic carbocycles. The molecule has 0 bridgehead atoms. The molecule has 0 aliphatic heterocycles. The van der Waals surface area contributed by atoms with Crippen LogP contribution in [0.2, 0.25) is 0 Å². The summed E-state index contributed by atoms with van der Waals surface area (Å²) in [7, 11) is 3.20. The molecule has 3 unspecified atom stereocenters. The quantitative estimate of drug-likeness (QED) is 0.577. The van der Waals surface area contributed by atoms with Crippen molar-refractivity contribution in [2.24, 2.45) is 10.9 Å². The monoisotopic (exact) mass is 387 g/mol. The number of aliphatic imine (C=N–C) groups is 1. The summed E-state index contributed by atoms with van der Waals surface area (Å²) in [6.07, 6.45) is -2.72. The number of guanidine groups is 1. The van der Waals surface area contributed by atoms with Crippen LogP contribution in [0.5, 0.6) is 11.5 Å². The summed E-state index contributed by atoms with van der Waals surface area (Å²) in [6.45, 7) is 2.37. The lowest BCUT2D eigenvalue weighted by Gasteiger charge is -2.32. The number of nitrogens with zero attached hydrogens (tertiary/aromatic N) is 1. The average molecular weight is 387 g/mol. The molecule has 0 radical (unpaired) electrons. The predicted molar refractivity (Wildman–Crippen MR) is 99.4 cm³/mol. The van der Waals surface area contributed by atoms with Crippen molar-refractivity contribution < 1.29 is 22.6 Å². The summed E-state index contributed by atoms with van der Waals surface area (Å²) >= 11 is 0. The van der Waals surface area contributed by atoms with Crippen LogP contribution in [0, 0.1) is 5.92 Å². The molecule has 3 atom stereocenters. The Bertz CT molecular complexity index is 622. The van der Waals surface area contributed by atoms with Crippen LogP contribution < -0.4 is 20.1 Å². The minimum Gasteiger partial charge on any atom is -0.497 e. The summed E-state index contributed by atoms with van der Waals surface area (Å²) in [5, 5.41) is 6.23. The molecule has 1 aliphatic rings. The van der Waals surface area contributed by atoms with Gasteiger partial charge in [-0.25, -0.2) is 0 Å². The first-order valence-corrected chi connectivity index (χ1v) is 9.16. The van der Waals surface area contributed by atoms with Crippen molar-refractivity contribution in [2.75, 3.05) is 20.7 Å². The fourth-order valence-electron chi connectivity index (χ4n) is 3.20. The van der Waals surface area contributed by atoms with E-state index in [1.54, 1.807) is 20.2 Å². The molecule has 0 saturated heterocycles. The third-order valence-electron chi connectivity index (χ3n) is 4.64. The van der Waals surface area contributed by atoms with Crippen LogP contribution in [0.4, 0.5) is 13.2 Å². The standard InChI is InChI=1S/C19H28F3N3O2/c1-13(27-17-9-5-8-16(11-17)26-3)12-24-18(23-2)25-15-7-4-6-14(10-15)19(20,21)22/h5,8-9,11,13-15H,4,6-7,10,12H2,1-3H3,(H2,23,24,25). The largest absolute Gasteiger partial charge is 0.497 e.